The zero-order valence-corrected chi connectivity index (χ0v) is 15.2. The summed E-state index contributed by atoms with van der Waals surface area (Å²) in [7, 11) is 1.63. The molecule has 0 aliphatic heterocycles. The fourth-order valence-corrected chi connectivity index (χ4v) is 3.09. The van der Waals surface area contributed by atoms with E-state index < -0.39 is 12.2 Å². The number of hydrogen-bond acceptors (Lipinski definition) is 6. The van der Waals surface area contributed by atoms with Crippen molar-refractivity contribution in [3.05, 3.63) is 58.3 Å². The van der Waals surface area contributed by atoms with Gasteiger partial charge in [0, 0.05) is 37.1 Å². The Kier molecular flexibility index (Phi) is 8.79. The predicted octanol–water partition coefficient (Wildman–Crippen LogP) is 2.16. The average Bonchev–Trinajstić information content (AvgIpc) is 3.15. The first-order valence-corrected chi connectivity index (χ1v) is 9.19. The SMILES string of the molecule is COCCNCC(O)COC(Cc1cccs1)C(=O)c1ccccc1. The first-order valence-electron chi connectivity index (χ1n) is 8.31. The molecule has 0 spiro atoms. The lowest BCUT2D eigenvalue weighted by molar-refractivity contribution is -0.00173. The first kappa shape index (κ1) is 19.8. The highest BCUT2D eigenvalue weighted by Crippen LogP contribution is 2.16. The van der Waals surface area contributed by atoms with Crippen LogP contribution in [0.25, 0.3) is 0 Å². The molecule has 136 valence electrons. The third-order valence-corrected chi connectivity index (χ3v) is 4.57. The van der Waals surface area contributed by atoms with Crippen LogP contribution in [-0.2, 0) is 15.9 Å². The molecule has 1 aromatic heterocycles. The van der Waals surface area contributed by atoms with E-state index in [1.54, 1.807) is 30.6 Å². The van der Waals surface area contributed by atoms with Gasteiger partial charge in [-0.25, -0.2) is 0 Å². The van der Waals surface area contributed by atoms with E-state index in [0.717, 1.165) is 4.88 Å². The second-order valence-corrected chi connectivity index (χ2v) is 6.72. The quantitative estimate of drug-likeness (QED) is 0.447. The third-order valence-electron chi connectivity index (χ3n) is 3.67. The average molecular weight is 363 g/mol. The van der Waals surface area contributed by atoms with Gasteiger partial charge in [-0.2, -0.15) is 0 Å². The molecule has 5 nitrogen and oxygen atoms in total. The van der Waals surface area contributed by atoms with E-state index in [0.29, 0.717) is 31.7 Å². The molecule has 0 aliphatic carbocycles. The summed E-state index contributed by atoms with van der Waals surface area (Å²) >= 11 is 1.60. The highest BCUT2D eigenvalue weighted by molar-refractivity contribution is 7.09. The van der Waals surface area contributed by atoms with Gasteiger partial charge in [-0.3, -0.25) is 4.79 Å². The summed E-state index contributed by atoms with van der Waals surface area (Å²) < 4.78 is 10.7. The first-order chi connectivity index (χ1) is 12.2. The number of carbonyl (C=O) groups is 1. The van der Waals surface area contributed by atoms with Gasteiger partial charge in [-0.15, -0.1) is 11.3 Å². The van der Waals surface area contributed by atoms with Crippen LogP contribution in [0.4, 0.5) is 0 Å². The Morgan fingerprint density at radius 1 is 1.24 bits per heavy atom. The lowest BCUT2D eigenvalue weighted by Gasteiger charge is -2.19. The van der Waals surface area contributed by atoms with Crippen LogP contribution in [0.2, 0.25) is 0 Å². The van der Waals surface area contributed by atoms with Gasteiger partial charge in [0.2, 0.25) is 0 Å². The highest BCUT2D eigenvalue weighted by atomic mass is 32.1. The predicted molar refractivity (Wildman–Crippen MR) is 99.3 cm³/mol. The van der Waals surface area contributed by atoms with Crippen LogP contribution in [0, 0.1) is 0 Å². The molecule has 6 heteroatoms. The number of aliphatic hydroxyl groups excluding tert-OH is 1. The van der Waals surface area contributed by atoms with Gasteiger partial charge in [0.05, 0.1) is 19.3 Å². The molecule has 2 atom stereocenters. The molecule has 2 unspecified atom stereocenters. The fraction of sp³-hybridized carbons (Fsp3) is 0.421. The minimum atomic E-state index is -0.675. The molecular weight excluding hydrogens is 338 g/mol. The molecule has 2 N–H and O–H groups in total. The summed E-state index contributed by atoms with van der Waals surface area (Å²) in [6, 6.07) is 13.1. The number of rotatable bonds is 12. The van der Waals surface area contributed by atoms with E-state index in [9.17, 15) is 9.90 Å². The van der Waals surface area contributed by atoms with Crippen molar-refractivity contribution in [3.63, 3.8) is 0 Å². The summed E-state index contributed by atoms with van der Waals surface area (Å²) in [5.41, 5.74) is 0.622. The lowest BCUT2D eigenvalue weighted by atomic mass is 10.0. The number of aliphatic hydroxyl groups is 1. The van der Waals surface area contributed by atoms with Crippen LogP contribution in [0.3, 0.4) is 0 Å². The summed E-state index contributed by atoms with van der Waals surface area (Å²) in [5.74, 6) is -0.0615. The topological polar surface area (TPSA) is 67.8 Å². The molecule has 0 aliphatic rings. The van der Waals surface area contributed by atoms with Crippen LogP contribution < -0.4 is 5.32 Å². The second-order valence-electron chi connectivity index (χ2n) is 5.69. The summed E-state index contributed by atoms with van der Waals surface area (Å²) in [6.07, 6.45) is -0.768. The Morgan fingerprint density at radius 3 is 2.72 bits per heavy atom. The largest absolute Gasteiger partial charge is 0.389 e. The van der Waals surface area contributed by atoms with E-state index in [1.807, 2.05) is 35.7 Å². The molecule has 2 aromatic rings. The maximum atomic E-state index is 12.7. The Morgan fingerprint density at radius 2 is 2.04 bits per heavy atom. The standard InChI is InChI=1S/C19H25NO4S/c1-23-10-9-20-13-16(21)14-24-18(12-17-8-5-11-25-17)19(22)15-6-3-2-4-7-15/h2-8,11,16,18,20-21H,9-10,12-14H2,1H3. The smallest absolute Gasteiger partial charge is 0.191 e. The van der Waals surface area contributed by atoms with Crippen LogP contribution in [0.5, 0.6) is 0 Å². The third kappa shape index (κ3) is 7.05. The molecule has 2 rings (SSSR count). The fourth-order valence-electron chi connectivity index (χ4n) is 2.36. The maximum absolute atomic E-state index is 12.7. The van der Waals surface area contributed by atoms with Gasteiger partial charge >= 0.3 is 0 Å². The molecular formula is C19H25NO4S. The number of ether oxygens (including phenoxy) is 2. The summed E-state index contributed by atoms with van der Waals surface area (Å²) in [4.78, 5) is 13.8. The van der Waals surface area contributed by atoms with Crippen molar-refractivity contribution in [2.24, 2.45) is 0 Å². The number of ketones is 1. The minimum absolute atomic E-state index is 0.0615. The van der Waals surface area contributed by atoms with Crippen LogP contribution in [0.1, 0.15) is 15.2 Å². The summed E-state index contributed by atoms with van der Waals surface area (Å²) in [6.45, 7) is 1.75. The van der Waals surface area contributed by atoms with Crippen molar-refractivity contribution in [2.75, 3.05) is 33.4 Å². The molecule has 0 amide bonds. The zero-order valence-electron chi connectivity index (χ0n) is 14.4. The van der Waals surface area contributed by atoms with E-state index >= 15 is 0 Å². The molecule has 0 bridgehead atoms. The van der Waals surface area contributed by atoms with Gasteiger partial charge in [0.25, 0.3) is 0 Å². The number of carbonyl (C=O) groups excluding carboxylic acids is 1. The van der Waals surface area contributed by atoms with Gasteiger partial charge in [-0.1, -0.05) is 36.4 Å². The molecule has 0 saturated heterocycles. The minimum Gasteiger partial charge on any atom is -0.389 e. The molecule has 1 heterocycles. The van der Waals surface area contributed by atoms with Crippen LogP contribution in [-0.4, -0.2) is 56.5 Å². The van der Waals surface area contributed by atoms with Crippen LogP contribution >= 0.6 is 11.3 Å². The van der Waals surface area contributed by atoms with Crippen molar-refractivity contribution >= 4 is 17.1 Å². The van der Waals surface area contributed by atoms with Gasteiger partial charge < -0.3 is 19.9 Å². The second kappa shape index (κ2) is 11.1. The molecule has 0 radical (unpaired) electrons. The van der Waals surface area contributed by atoms with Gasteiger partial charge in [0.1, 0.15) is 6.10 Å². The van der Waals surface area contributed by atoms with Crippen molar-refractivity contribution in [3.8, 4) is 0 Å². The number of hydrogen-bond donors (Lipinski definition) is 2. The van der Waals surface area contributed by atoms with Crippen molar-refractivity contribution < 1.29 is 19.4 Å². The lowest BCUT2D eigenvalue weighted by Crippen LogP contribution is -2.36. The van der Waals surface area contributed by atoms with Gasteiger partial charge in [-0.05, 0) is 11.4 Å². The monoisotopic (exact) mass is 363 g/mol. The van der Waals surface area contributed by atoms with Crippen molar-refractivity contribution in [1.29, 1.82) is 0 Å². The van der Waals surface area contributed by atoms with E-state index in [1.165, 1.54) is 0 Å². The van der Waals surface area contributed by atoms with Crippen molar-refractivity contribution in [2.45, 2.75) is 18.6 Å². The summed E-state index contributed by atoms with van der Waals surface area (Å²) in [5, 5.41) is 15.1. The van der Waals surface area contributed by atoms with E-state index in [2.05, 4.69) is 5.32 Å². The van der Waals surface area contributed by atoms with Gasteiger partial charge in [0.15, 0.2) is 5.78 Å². The Hall–Kier alpha value is -1.57. The zero-order chi connectivity index (χ0) is 17.9. The maximum Gasteiger partial charge on any atom is 0.191 e. The van der Waals surface area contributed by atoms with E-state index in [-0.39, 0.29) is 12.4 Å². The molecule has 1 aromatic carbocycles. The number of nitrogens with one attached hydrogen (secondary N) is 1. The molecule has 0 saturated carbocycles. The Bertz CT molecular complexity index is 603. The van der Waals surface area contributed by atoms with E-state index in [4.69, 9.17) is 9.47 Å². The number of benzene rings is 1. The van der Waals surface area contributed by atoms with Crippen molar-refractivity contribution in [1.82, 2.24) is 5.32 Å². The number of thiophene rings is 1. The number of Topliss-reactive ketones (excluding diaryl/α,β-unsaturated/α-hetero) is 1. The molecule has 0 fully saturated rings. The number of methoxy groups -OCH3 is 1. The normalized spacial score (nSPS) is 13.5. The Labute approximate surface area is 152 Å². The van der Waals surface area contributed by atoms with Crippen LogP contribution in [0.15, 0.2) is 47.8 Å². The Balaban J connectivity index is 1.91. The molecule has 25 heavy (non-hydrogen) atoms. The highest BCUT2D eigenvalue weighted by Gasteiger charge is 2.22.